The zero-order valence-corrected chi connectivity index (χ0v) is 9.03. The predicted octanol–water partition coefficient (Wildman–Crippen LogP) is 2.99. The minimum atomic E-state index is -0.532. The van der Waals surface area contributed by atoms with E-state index in [1.807, 2.05) is 0 Å². The van der Waals surface area contributed by atoms with Crippen molar-refractivity contribution in [2.45, 2.75) is 25.7 Å². The van der Waals surface area contributed by atoms with Crippen molar-refractivity contribution in [3.8, 4) is 0 Å². The van der Waals surface area contributed by atoms with Crippen molar-refractivity contribution >= 4 is 28.4 Å². The Hall–Kier alpha value is -0.600. The lowest BCUT2D eigenvalue weighted by Gasteiger charge is -2.16. The van der Waals surface area contributed by atoms with E-state index in [0.717, 1.165) is 36.9 Å². The second-order valence-electron chi connectivity index (χ2n) is 3.39. The number of aryl methyl sites for hydroxylation is 1. The highest BCUT2D eigenvalue weighted by atomic mass is 35.5. The molecule has 74 valence electrons. The molecular formula is C10H9Cl2NO. The van der Waals surface area contributed by atoms with E-state index in [-0.39, 0.29) is 0 Å². The molecule has 2 nitrogen and oxygen atoms in total. The Morgan fingerprint density at radius 3 is 2.79 bits per heavy atom. The molecule has 0 bridgehead atoms. The molecular weight excluding hydrogens is 221 g/mol. The molecule has 0 aliphatic heterocycles. The molecule has 0 unspecified atom stereocenters. The number of hydrogen-bond donors (Lipinski definition) is 0. The van der Waals surface area contributed by atoms with Crippen molar-refractivity contribution in [2.24, 2.45) is 0 Å². The van der Waals surface area contributed by atoms with Gasteiger partial charge >= 0.3 is 0 Å². The highest BCUT2D eigenvalue weighted by Crippen LogP contribution is 2.29. The molecule has 0 N–H and O–H groups in total. The van der Waals surface area contributed by atoms with Crippen LogP contribution in [0.1, 0.15) is 34.5 Å². The Morgan fingerprint density at radius 1 is 1.36 bits per heavy atom. The van der Waals surface area contributed by atoms with Gasteiger partial charge < -0.3 is 0 Å². The monoisotopic (exact) mass is 229 g/mol. The van der Waals surface area contributed by atoms with Crippen molar-refractivity contribution in [2.75, 3.05) is 0 Å². The van der Waals surface area contributed by atoms with E-state index in [4.69, 9.17) is 23.2 Å². The van der Waals surface area contributed by atoms with Crippen molar-refractivity contribution in [3.05, 3.63) is 28.0 Å². The lowest BCUT2D eigenvalue weighted by molar-refractivity contribution is 0.108. The summed E-state index contributed by atoms with van der Waals surface area (Å²) in [4.78, 5) is 15.2. The summed E-state index contributed by atoms with van der Waals surface area (Å²) in [5.41, 5.74) is 2.35. The minimum absolute atomic E-state index is 0.328. The Balaban J connectivity index is 2.54. The Bertz CT molecular complexity index is 390. The molecule has 1 aromatic heterocycles. The van der Waals surface area contributed by atoms with Crippen LogP contribution in [0.5, 0.6) is 0 Å². The average Bonchev–Trinajstić information content (AvgIpc) is 2.18. The molecule has 0 saturated heterocycles. The molecule has 0 spiro atoms. The number of carbonyl (C=O) groups is 1. The van der Waals surface area contributed by atoms with Crippen LogP contribution in [0.15, 0.2) is 6.20 Å². The van der Waals surface area contributed by atoms with Gasteiger partial charge in [0.15, 0.2) is 0 Å². The molecule has 0 aromatic carbocycles. The van der Waals surface area contributed by atoms with Gasteiger partial charge in [-0.15, -0.1) is 0 Å². The van der Waals surface area contributed by atoms with Gasteiger partial charge in [0.05, 0.1) is 10.6 Å². The summed E-state index contributed by atoms with van der Waals surface area (Å²) in [6, 6.07) is 0. The van der Waals surface area contributed by atoms with Gasteiger partial charge in [-0.05, 0) is 42.8 Å². The number of halogens is 2. The van der Waals surface area contributed by atoms with Crippen molar-refractivity contribution in [1.82, 2.24) is 4.98 Å². The van der Waals surface area contributed by atoms with Crippen LogP contribution < -0.4 is 0 Å². The first-order valence-electron chi connectivity index (χ1n) is 4.56. The Morgan fingerprint density at radius 2 is 2.07 bits per heavy atom. The normalized spacial score (nSPS) is 15.0. The van der Waals surface area contributed by atoms with Crippen molar-refractivity contribution in [1.29, 1.82) is 0 Å². The number of carbonyl (C=O) groups excluding carboxylic acids is 1. The van der Waals surface area contributed by atoms with Gasteiger partial charge in [0.2, 0.25) is 0 Å². The summed E-state index contributed by atoms with van der Waals surface area (Å²) in [5.74, 6) is 0. The van der Waals surface area contributed by atoms with Gasteiger partial charge in [0.25, 0.3) is 5.24 Å². The van der Waals surface area contributed by atoms with Gasteiger partial charge in [-0.1, -0.05) is 11.6 Å². The molecule has 1 heterocycles. The average molecular weight is 230 g/mol. The number of fused-ring (bicyclic) bond motifs is 1. The summed E-state index contributed by atoms with van der Waals surface area (Å²) in [6.45, 7) is 0. The highest BCUT2D eigenvalue weighted by molar-refractivity contribution is 6.68. The highest BCUT2D eigenvalue weighted by Gasteiger charge is 2.18. The lowest BCUT2D eigenvalue weighted by atomic mass is 9.95. The van der Waals surface area contributed by atoms with Crippen LogP contribution in [0.4, 0.5) is 0 Å². The predicted molar refractivity (Wildman–Crippen MR) is 56.1 cm³/mol. The number of hydrogen-bond acceptors (Lipinski definition) is 2. The van der Waals surface area contributed by atoms with Crippen LogP contribution >= 0.6 is 23.2 Å². The fraction of sp³-hybridized carbons (Fsp3) is 0.400. The Labute approximate surface area is 92.2 Å². The molecule has 1 aliphatic carbocycles. The summed E-state index contributed by atoms with van der Waals surface area (Å²) in [5, 5.41) is -0.0365. The summed E-state index contributed by atoms with van der Waals surface area (Å²) in [7, 11) is 0. The standard InChI is InChI=1S/C10H9Cl2NO/c11-9-6-3-1-2-4-8(6)13-5-7(9)10(12)14/h5H,1-4H2. The van der Waals surface area contributed by atoms with Crippen LogP contribution in [0.3, 0.4) is 0 Å². The summed E-state index contributed by atoms with van der Waals surface area (Å²) >= 11 is 11.5. The van der Waals surface area contributed by atoms with E-state index < -0.39 is 5.24 Å². The fourth-order valence-corrected chi connectivity index (χ4v) is 2.30. The first-order chi connectivity index (χ1) is 6.70. The first kappa shape index (κ1) is 9.94. The first-order valence-corrected chi connectivity index (χ1v) is 5.32. The summed E-state index contributed by atoms with van der Waals surface area (Å²) in [6.07, 6.45) is 5.58. The van der Waals surface area contributed by atoms with E-state index in [1.165, 1.54) is 6.20 Å². The van der Waals surface area contributed by atoms with Crippen LogP contribution in [0.2, 0.25) is 5.02 Å². The third-order valence-corrected chi connectivity index (χ3v) is 3.14. The Kier molecular flexibility index (Phi) is 2.75. The van der Waals surface area contributed by atoms with E-state index in [1.54, 1.807) is 0 Å². The van der Waals surface area contributed by atoms with E-state index in [2.05, 4.69) is 4.98 Å². The second-order valence-corrected chi connectivity index (χ2v) is 4.11. The number of aromatic nitrogens is 1. The number of nitrogens with zero attached hydrogens (tertiary/aromatic N) is 1. The molecule has 1 aromatic rings. The van der Waals surface area contributed by atoms with Gasteiger partial charge in [-0.2, -0.15) is 0 Å². The lowest BCUT2D eigenvalue weighted by Crippen LogP contribution is -2.08. The van der Waals surface area contributed by atoms with E-state index >= 15 is 0 Å². The van der Waals surface area contributed by atoms with Gasteiger partial charge in [-0.25, -0.2) is 0 Å². The maximum absolute atomic E-state index is 11.0. The number of pyridine rings is 1. The molecule has 0 fully saturated rings. The van der Waals surface area contributed by atoms with E-state index in [0.29, 0.717) is 10.6 Å². The third kappa shape index (κ3) is 1.64. The molecule has 0 amide bonds. The quantitative estimate of drug-likeness (QED) is 0.694. The molecule has 4 heteroatoms. The molecule has 0 radical (unpaired) electrons. The zero-order valence-electron chi connectivity index (χ0n) is 7.52. The smallest absolute Gasteiger partial charge is 0.255 e. The van der Waals surface area contributed by atoms with Crippen LogP contribution in [-0.2, 0) is 12.8 Å². The van der Waals surface area contributed by atoms with Crippen LogP contribution in [0.25, 0.3) is 0 Å². The third-order valence-electron chi connectivity index (χ3n) is 2.50. The second kappa shape index (κ2) is 3.87. The molecule has 14 heavy (non-hydrogen) atoms. The van der Waals surface area contributed by atoms with Crippen LogP contribution in [0, 0.1) is 0 Å². The molecule has 2 rings (SSSR count). The van der Waals surface area contributed by atoms with Gasteiger partial charge in [0, 0.05) is 11.9 Å². The minimum Gasteiger partial charge on any atom is -0.275 e. The fourth-order valence-electron chi connectivity index (χ4n) is 1.77. The maximum Gasteiger partial charge on any atom is 0.255 e. The SMILES string of the molecule is O=C(Cl)c1cnc2c(c1Cl)CCCC2. The largest absolute Gasteiger partial charge is 0.275 e. The zero-order chi connectivity index (χ0) is 10.1. The van der Waals surface area contributed by atoms with E-state index in [9.17, 15) is 4.79 Å². The molecule has 1 aliphatic rings. The number of rotatable bonds is 1. The van der Waals surface area contributed by atoms with Crippen LogP contribution in [-0.4, -0.2) is 10.2 Å². The van der Waals surface area contributed by atoms with Gasteiger partial charge in [-0.3, -0.25) is 9.78 Å². The van der Waals surface area contributed by atoms with Gasteiger partial charge in [0.1, 0.15) is 0 Å². The van der Waals surface area contributed by atoms with Crippen molar-refractivity contribution in [3.63, 3.8) is 0 Å². The summed E-state index contributed by atoms with van der Waals surface area (Å²) < 4.78 is 0. The maximum atomic E-state index is 11.0. The molecule has 0 atom stereocenters. The topological polar surface area (TPSA) is 30.0 Å². The van der Waals surface area contributed by atoms with Crippen molar-refractivity contribution < 1.29 is 4.79 Å². The molecule has 0 saturated carbocycles.